The van der Waals surface area contributed by atoms with E-state index in [1.165, 1.54) is 0 Å². The number of hydrogen-bond acceptors (Lipinski definition) is 4. The highest BCUT2D eigenvalue weighted by molar-refractivity contribution is 5.99. The topological polar surface area (TPSA) is 58.6 Å². The molecule has 0 saturated carbocycles. The van der Waals surface area contributed by atoms with Gasteiger partial charge in [0.2, 0.25) is 5.91 Å². The molecule has 0 radical (unpaired) electrons. The van der Waals surface area contributed by atoms with E-state index in [0.717, 1.165) is 5.75 Å². The van der Waals surface area contributed by atoms with Gasteiger partial charge in [-0.2, -0.15) is 0 Å². The fraction of sp³-hybridized carbons (Fsp3) is 0.500. The maximum Gasteiger partial charge on any atom is 0.223 e. The predicted molar refractivity (Wildman–Crippen MR) is 82.6 cm³/mol. The van der Waals surface area contributed by atoms with Crippen LogP contribution in [0.4, 0.5) is 0 Å². The maximum absolute atomic E-state index is 12.4. The Balaban J connectivity index is 2.69. The molecule has 1 amide bonds. The van der Waals surface area contributed by atoms with Crippen molar-refractivity contribution in [2.24, 2.45) is 5.92 Å². The van der Waals surface area contributed by atoms with Gasteiger partial charge in [0, 0.05) is 25.1 Å². The molecule has 1 aromatic carbocycles. The molecule has 1 N–H and O–H groups in total. The molecule has 0 saturated heterocycles. The number of rotatable bonds is 7. The lowest BCUT2D eigenvalue weighted by molar-refractivity contribution is -0.124. The number of nitrogens with one attached hydrogen (secondary N) is 1. The second kappa shape index (κ2) is 7.78. The number of carbonyl (C=O) groups excluding carboxylic acids is 2. The van der Waals surface area contributed by atoms with E-state index in [1.807, 2.05) is 25.8 Å². The second-order valence-electron chi connectivity index (χ2n) is 5.22. The number of hydrogen-bond donors (Lipinski definition) is 1. The minimum atomic E-state index is -0.287. The Morgan fingerprint density at radius 2 is 1.81 bits per heavy atom. The third-order valence-corrected chi connectivity index (χ3v) is 3.67. The van der Waals surface area contributed by atoms with Gasteiger partial charge >= 0.3 is 0 Å². The SMILES string of the molecule is CNC(=O)C(C)CN(C)C(C)C(=O)c1ccc(OC)cc1. The number of carbonyl (C=O) groups is 2. The zero-order valence-corrected chi connectivity index (χ0v) is 13.3. The normalized spacial score (nSPS) is 13.6. The third-order valence-electron chi connectivity index (χ3n) is 3.67. The first-order valence-electron chi connectivity index (χ1n) is 7.00. The minimum absolute atomic E-state index is 0.0223. The Labute approximate surface area is 126 Å². The number of Topliss-reactive ketones (excluding diaryl/α,β-unsaturated/α-hetero) is 1. The van der Waals surface area contributed by atoms with Gasteiger partial charge in [-0.1, -0.05) is 6.92 Å². The van der Waals surface area contributed by atoms with E-state index in [-0.39, 0.29) is 23.7 Å². The molecular weight excluding hydrogens is 268 g/mol. The Bertz CT molecular complexity index is 485. The largest absolute Gasteiger partial charge is 0.497 e. The van der Waals surface area contributed by atoms with Crippen LogP contribution in [-0.4, -0.2) is 50.4 Å². The fourth-order valence-electron chi connectivity index (χ4n) is 2.12. The number of benzene rings is 1. The average molecular weight is 292 g/mol. The molecule has 116 valence electrons. The first-order chi connectivity index (χ1) is 9.90. The Morgan fingerprint density at radius 3 is 2.29 bits per heavy atom. The summed E-state index contributed by atoms with van der Waals surface area (Å²) in [5.41, 5.74) is 0.641. The Morgan fingerprint density at radius 1 is 1.24 bits per heavy atom. The lowest BCUT2D eigenvalue weighted by Gasteiger charge is -2.26. The zero-order chi connectivity index (χ0) is 16.0. The van der Waals surface area contributed by atoms with Crippen LogP contribution in [0.15, 0.2) is 24.3 Å². The molecule has 0 aliphatic carbocycles. The molecule has 0 aromatic heterocycles. The fourth-order valence-corrected chi connectivity index (χ4v) is 2.12. The number of ketones is 1. The Hall–Kier alpha value is -1.88. The summed E-state index contributed by atoms with van der Waals surface area (Å²) in [5.74, 6) is 0.571. The summed E-state index contributed by atoms with van der Waals surface area (Å²) >= 11 is 0. The highest BCUT2D eigenvalue weighted by Gasteiger charge is 2.23. The van der Waals surface area contributed by atoms with Crippen LogP contribution in [0.1, 0.15) is 24.2 Å². The molecule has 2 atom stereocenters. The first-order valence-corrected chi connectivity index (χ1v) is 7.00. The lowest BCUT2D eigenvalue weighted by Crippen LogP contribution is -2.41. The maximum atomic E-state index is 12.4. The van der Waals surface area contributed by atoms with E-state index in [1.54, 1.807) is 38.4 Å². The molecule has 5 heteroatoms. The van der Waals surface area contributed by atoms with Crippen molar-refractivity contribution in [1.29, 1.82) is 0 Å². The Kier molecular flexibility index (Phi) is 6.37. The molecule has 0 fully saturated rings. The van der Waals surface area contributed by atoms with Gasteiger partial charge in [0.05, 0.1) is 13.2 Å². The number of nitrogens with zero attached hydrogens (tertiary/aromatic N) is 1. The number of amides is 1. The summed E-state index contributed by atoms with van der Waals surface area (Å²) in [6.07, 6.45) is 0. The van der Waals surface area contributed by atoms with Crippen molar-refractivity contribution in [3.8, 4) is 5.75 Å². The monoisotopic (exact) mass is 292 g/mol. The van der Waals surface area contributed by atoms with Gasteiger partial charge in [-0.15, -0.1) is 0 Å². The van der Waals surface area contributed by atoms with Crippen LogP contribution in [0, 0.1) is 5.92 Å². The molecule has 1 aromatic rings. The van der Waals surface area contributed by atoms with Gasteiger partial charge < -0.3 is 10.1 Å². The van der Waals surface area contributed by atoms with E-state index in [4.69, 9.17) is 4.74 Å². The first kappa shape index (κ1) is 17.2. The van der Waals surface area contributed by atoms with E-state index >= 15 is 0 Å². The highest BCUT2D eigenvalue weighted by atomic mass is 16.5. The smallest absolute Gasteiger partial charge is 0.223 e. The third kappa shape index (κ3) is 4.56. The van der Waals surface area contributed by atoms with Crippen LogP contribution in [-0.2, 0) is 4.79 Å². The second-order valence-corrected chi connectivity index (χ2v) is 5.22. The minimum Gasteiger partial charge on any atom is -0.497 e. The lowest BCUT2D eigenvalue weighted by atomic mass is 10.0. The standard InChI is InChI=1S/C16H24N2O3/c1-11(16(20)17-3)10-18(4)12(2)15(19)13-6-8-14(21-5)9-7-13/h6-9,11-12H,10H2,1-5H3,(H,17,20). The predicted octanol–water partition coefficient (Wildman–Crippen LogP) is 1.58. The molecule has 0 aliphatic rings. The number of ether oxygens (including phenoxy) is 1. The van der Waals surface area contributed by atoms with Crippen molar-refractivity contribution in [2.45, 2.75) is 19.9 Å². The van der Waals surface area contributed by atoms with Crippen molar-refractivity contribution in [3.05, 3.63) is 29.8 Å². The molecule has 21 heavy (non-hydrogen) atoms. The molecule has 0 aliphatic heterocycles. The van der Waals surface area contributed by atoms with Crippen LogP contribution in [0.25, 0.3) is 0 Å². The van der Waals surface area contributed by atoms with E-state index in [0.29, 0.717) is 12.1 Å². The number of methoxy groups -OCH3 is 1. The quantitative estimate of drug-likeness (QED) is 0.775. The van der Waals surface area contributed by atoms with Crippen LogP contribution in [0.2, 0.25) is 0 Å². The summed E-state index contributed by atoms with van der Waals surface area (Å²) in [4.78, 5) is 25.9. The summed E-state index contributed by atoms with van der Waals surface area (Å²) in [6, 6.07) is 6.77. The zero-order valence-electron chi connectivity index (χ0n) is 13.3. The van der Waals surface area contributed by atoms with Crippen molar-refractivity contribution >= 4 is 11.7 Å². The van der Waals surface area contributed by atoms with E-state index in [2.05, 4.69) is 5.32 Å². The van der Waals surface area contributed by atoms with Crippen LogP contribution in [0.5, 0.6) is 5.75 Å². The highest BCUT2D eigenvalue weighted by Crippen LogP contribution is 2.15. The van der Waals surface area contributed by atoms with Gasteiger partial charge in [0.15, 0.2) is 5.78 Å². The van der Waals surface area contributed by atoms with Gasteiger partial charge in [-0.05, 0) is 38.2 Å². The summed E-state index contributed by atoms with van der Waals surface area (Å²) in [6.45, 7) is 4.23. The van der Waals surface area contributed by atoms with Gasteiger partial charge in [0.1, 0.15) is 5.75 Å². The summed E-state index contributed by atoms with van der Waals surface area (Å²) in [5, 5.41) is 2.62. The molecule has 5 nitrogen and oxygen atoms in total. The number of likely N-dealkylation sites (N-methyl/N-ethyl adjacent to an activating group) is 1. The van der Waals surface area contributed by atoms with Crippen LogP contribution < -0.4 is 10.1 Å². The van der Waals surface area contributed by atoms with Crippen LogP contribution >= 0.6 is 0 Å². The average Bonchev–Trinajstić information content (AvgIpc) is 2.52. The summed E-state index contributed by atoms with van der Waals surface area (Å²) in [7, 11) is 5.06. The van der Waals surface area contributed by atoms with Crippen molar-refractivity contribution in [3.63, 3.8) is 0 Å². The molecule has 0 heterocycles. The molecule has 1 rings (SSSR count). The molecule has 2 unspecified atom stereocenters. The van der Waals surface area contributed by atoms with E-state index in [9.17, 15) is 9.59 Å². The van der Waals surface area contributed by atoms with Crippen molar-refractivity contribution < 1.29 is 14.3 Å². The van der Waals surface area contributed by atoms with Crippen molar-refractivity contribution in [2.75, 3.05) is 27.7 Å². The van der Waals surface area contributed by atoms with Gasteiger partial charge in [-0.3, -0.25) is 14.5 Å². The van der Waals surface area contributed by atoms with Crippen molar-refractivity contribution in [1.82, 2.24) is 10.2 Å². The van der Waals surface area contributed by atoms with Gasteiger partial charge in [-0.25, -0.2) is 0 Å². The molecule has 0 spiro atoms. The van der Waals surface area contributed by atoms with Crippen LogP contribution in [0.3, 0.4) is 0 Å². The summed E-state index contributed by atoms with van der Waals surface area (Å²) < 4.78 is 5.08. The molecular formula is C16H24N2O3. The van der Waals surface area contributed by atoms with Gasteiger partial charge in [0.25, 0.3) is 0 Å². The molecule has 0 bridgehead atoms. The van der Waals surface area contributed by atoms with E-state index < -0.39 is 0 Å².